The van der Waals surface area contributed by atoms with Gasteiger partial charge in [0.1, 0.15) is 11.8 Å². The van der Waals surface area contributed by atoms with Gasteiger partial charge in [-0.1, -0.05) is 48.5 Å². The van der Waals surface area contributed by atoms with Crippen molar-refractivity contribution in [2.45, 2.75) is 11.4 Å². The van der Waals surface area contributed by atoms with E-state index < -0.39 is 9.84 Å². The Morgan fingerprint density at radius 2 is 1.60 bits per heavy atom. The molecular weight excluding hydrogens is 462 g/mol. The summed E-state index contributed by atoms with van der Waals surface area (Å²) in [6, 6.07) is 26.5. The molecule has 35 heavy (non-hydrogen) atoms. The fourth-order valence-electron chi connectivity index (χ4n) is 3.33. The van der Waals surface area contributed by atoms with Crippen LogP contribution in [0.1, 0.15) is 21.5 Å². The van der Waals surface area contributed by atoms with Crippen molar-refractivity contribution in [2.24, 2.45) is 0 Å². The molecule has 0 radical (unpaired) electrons. The summed E-state index contributed by atoms with van der Waals surface area (Å²) in [6.45, 7) is 0.333. The van der Waals surface area contributed by atoms with Crippen LogP contribution in [0.15, 0.2) is 96.0 Å². The first-order valence-electron chi connectivity index (χ1n) is 10.6. The number of hydrogen-bond acceptors (Lipinski definition) is 6. The molecule has 0 saturated heterocycles. The number of nitriles is 1. The van der Waals surface area contributed by atoms with Crippen LogP contribution in [-0.2, 0) is 16.4 Å². The third kappa shape index (κ3) is 5.91. The van der Waals surface area contributed by atoms with Crippen LogP contribution in [0.5, 0.6) is 11.6 Å². The van der Waals surface area contributed by atoms with E-state index in [0.29, 0.717) is 23.4 Å². The zero-order valence-electron chi connectivity index (χ0n) is 18.8. The number of nitrogens with zero attached hydrogens (tertiary/aromatic N) is 2. The Balaban J connectivity index is 1.35. The molecule has 0 unspecified atom stereocenters. The van der Waals surface area contributed by atoms with Gasteiger partial charge in [0.05, 0.1) is 16.0 Å². The van der Waals surface area contributed by atoms with Crippen molar-refractivity contribution in [2.75, 3.05) is 6.26 Å². The van der Waals surface area contributed by atoms with Gasteiger partial charge in [0, 0.05) is 25.1 Å². The summed E-state index contributed by atoms with van der Waals surface area (Å²) in [5.41, 5.74) is 3.54. The zero-order chi connectivity index (χ0) is 24.8. The summed E-state index contributed by atoms with van der Waals surface area (Å²) in [5, 5.41) is 12.0. The van der Waals surface area contributed by atoms with Crippen LogP contribution < -0.4 is 10.1 Å². The number of rotatable bonds is 7. The first-order chi connectivity index (χ1) is 16.8. The maximum Gasteiger partial charge on any atom is 0.253 e. The van der Waals surface area contributed by atoms with Crippen LogP contribution in [0.4, 0.5) is 0 Å². The van der Waals surface area contributed by atoms with Crippen LogP contribution in [0.2, 0.25) is 0 Å². The van der Waals surface area contributed by atoms with Gasteiger partial charge in [-0.05, 0) is 47.0 Å². The quantitative estimate of drug-likeness (QED) is 0.406. The van der Waals surface area contributed by atoms with Crippen LogP contribution in [-0.4, -0.2) is 25.6 Å². The lowest BCUT2D eigenvalue weighted by Crippen LogP contribution is -2.22. The number of ether oxygens (including phenoxy) is 1. The lowest BCUT2D eigenvalue weighted by Gasteiger charge is -2.09. The summed E-state index contributed by atoms with van der Waals surface area (Å²) in [5.74, 6) is 0.404. The van der Waals surface area contributed by atoms with E-state index in [9.17, 15) is 13.2 Å². The molecule has 1 N–H and O–H groups in total. The van der Waals surface area contributed by atoms with E-state index in [4.69, 9.17) is 10.00 Å². The maximum absolute atomic E-state index is 12.5. The van der Waals surface area contributed by atoms with Gasteiger partial charge < -0.3 is 10.1 Å². The Kier molecular flexibility index (Phi) is 6.90. The predicted molar refractivity (Wildman–Crippen MR) is 132 cm³/mol. The highest BCUT2D eigenvalue weighted by Gasteiger charge is 2.10. The molecule has 174 valence electrons. The summed E-state index contributed by atoms with van der Waals surface area (Å²) in [6.07, 6.45) is 2.60. The maximum atomic E-state index is 12.5. The van der Waals surface area contributed by atoms with Crippen LogP contribution in [0, 0.1) is 11.3 Å². The predicted octanol–water partition coefficient (Wildman–Crippen LogP) is 4.75. The lowest BCUT2D eigenvalue weighted by atomic mass is 10.0. The lowest BCUT2D eigenvalue weighted by molar-refractivity contribution is 0.0950. The summed E-state index contributed by atoms with van der Waals surface area (Å²) in [7, 11) is -3.23. The van der Waals surface area contributed by atoms with Crippen LogP contribution in [0.3, 0.4) is 0 Å². The number of para-hydroxylation sites is 1. The Morgan fingerprint density at radius 1 is 0.943 bits per heavy atom. The normalized spacial score (nSPS) is 10.9. The number of nitrogens with one attached hydrogen (secondary N) is 1. The van der Waals surface area contributed by atoms with Gasteiger partial charge in [-0.2, -0.15) is 5.26 Å². The van der Waals surface area contributed by atoms with E-state index >= 15 is 0 Å². The van der Waals surface area contributed by atoms with E-state index in [2.05, 4.69) is 16.4 Å². The third-order valence-electron chi connectivity index (χ3n) is 5.24. The molecule has 3 aromatic carbocycles. The molecule has 0 bridgehead atoms. The molecular formula is C27H21N3O4S. The average Bonchev–Trinajstić information content (AvgIpc) is 2.88. The number of carbonyl (C=O) groups excluding carboxylic acids is 1. The standard InChI is InChI=1S/C27H21N3O4S/c1-35(32,33)24-13-10-21(11-14-24)20-8-6-19(7-9-20)17-30-27(31)23-12-15-26(29-18-23)34-25-5-3-2-4-22(25)16-28/h2-15,18H,17H2,1H3,(H,30,31). The molecule has 1 heterocycles. The number of hydrogen-bond donors (Lipinski definition) is 1. The summed E-state index contributed by atoms with van der Waals surface area (Å²) < 4.78 is 28.9. The van der Waals surface area contributed by atoms with Crippen molar-refractivity contribution in [3.63, 3.8) is 0 Å². The molecule has 7 nitrogen and oxygen atoms in total. The molecule has 1 aromatic heterocycles. The minimum atomic E-state index is -3.23. The van der Waals surface area contributed by atoms with E-state index in [-0.39, 0.29) is 16.7 Å². The highest BCUT2D eigenvalue weighted by molar-refractivity contribution is 7.90. The Labute approximate surface area is 203 Å². The second-order valence-electron chi connectivity index (χ2n) is 7.77. The third-order valence-corrected chi connectivity index (χ3v) is 6.37. The van der Waals surface area contributed by atoms with Gasteiger partial charge in [-0.3, -0.25) is 4.79 Å². The minimum Gasteiger partial charge on any atom is -0.438 e. The molecule has 0 saturated carbocycles. The molecule has 4 aromatic rings. The molecule has 0 aliphatic heterocycles. The molecule has 0 fully saturated rings. The smallest absolute Gasteiger partial charge is 0.253 e. The Morgan fingerprint density at radius 3 is 2.20 bits per heavy atom. The number of benzene rings is 3. The molecule has 0 aliphatic carbocycles. The van der Waals surface area contributed by atoms with Crippen molar-refractivity contribution in [3.05, 3.63) is 108 Å². The molecule has 1 amide bonds. The largest absolute Gasteiger partial charge is 0.438 e. The topological polar surface area (TPSA) is 109 Å². The molecule has 8 heteroatoms. The van der Waals surface area contributed by atoms with Gasteiger partial charge in [-0.15, -0.1) is 0 Å². The number of pyridine rings is 1. The van der Waals surface area contributed by atoms with Gasteiger partial charge in [0.15, 0.2) is 9.84 Å². The van der Waals surface area contributed by atoms with Crippen molar-refractivity contribution in [1.82, 2.24) is 10.3 Å². The summed E-state index contributed by atoms with van der Waals surface area (Å²) in [4.78, 5) is 16.9. The van der Waals surface area contributed by atoms with Gasteiger partial charge in [0.25, 0.3) is 5.91 Å². The number of aromatic nitrogens is 1. The van der Waals surface area contributed by atoms with E-state index in [0.717, 1.165) is 16.7 Å². The van der Waals surface area contributed by atoms with Gasteiger partial charge >= 0.3 is 0 Å². The highest BCUT2D eigenvalue weighted by atomic mass is 32.2. The second-order valence-corrected chi connectivity index (χ2v) is 9.79. The average molecular weight is 484 g/mol. The van der Waals surface area contributed by atoms with Crippen molar-refractivity contribution in [1.29, 1.82) is 5.26 Å². The van der Waals surface area contributed by atoms with Crippen LogP contribution >= 0.6 is 0 Å². The molecule has 0 aliphatic rings. The Bertz CT molecular complexity index is 1490. The number of carbonyl (C=O) groups is 1. The SMILES string of the molecule is CS(=O)(=O)c1ccc(-c2ccc(CNC(=O)c3ccc(Oc4ccccc4C#N)nc3)cc2)cc1. The number of sulfone groups is 1. The first kappa shape index (κ1) is 23.7. The van der Waals surface area contributed by atoms with Crippen molar-refractivity contribution >= 4 is 15.7 Å². The fourth-order valence-corrected chi connectivity index (χ4v) is 3.96. The van der Waals surface area contributed by atoms with E-state index in [1.165, 1.54) is 12.5 Å². The molecule has 4 rings (SSSR count). The van der Waals surface area contributed by atoms with Crippen LogP contribution in [0.25, 0.3) is 11.1 Å². The van der Waals surface area contributed by atoms with Crippen molar-refractivity contribution < 1.29 is 17.9 Å². The van der Waals surface area contributed by atoms with Gasteiger partial charge in [0.2, 0.25) is 5.88 Å². The zero-order valence-corrected chi connectivity index (χ0v) is 19.6. The summed E-state index contributed by atoms with van der Waals surface area (Å²) >= 11 is 0. The first-order valence-corrected chi connectivity index (χ1v) is 12.5. The highest BCUT2D eigenvalue weighted by Crippen LogP contribution is 2.24. The minimum absolute atomic E-state index is 0.276. The fraction of sp³-hybridized carbons (Fsp3) is 0.0741. The van der Waals surface area contributed by atoms with E-state index in [1.54, 1.807) is 60.7 Å². The molecule has 0 spiro atoms. The molecule has 0 atom stereocenters. The Hall–Kier alpha value is -4.48. The van der Waals surface area contributed by atoms with E-state index in [1.807, 2.05) is 24.3 Å². The van der Waals surface area contributed by atoms with Crippen molar-refractivity contribution in [3.8, 4) is 28.8 Å². The van der Waals surface area contributed by atoms with Gasteiger partial charge in [-0.25, -0.2) is 13.4 Å². The number of amides is 1. The monoisotopic (exact) mass is 483 g/mol. The second kappa shape index (κ2) is 10.2.